The number of halogens is 2. The van der Waals surface area contributed by atoms with Crippen molar-refractivity contribution >= 4 is 15.8 Å². The molecule has 0 heterocycles. The Hall–Kier alpha value is -1.50. The maximum Gasteiger partial charge on any atom is 0.352 e. The van der Waals surface area contributed by atoms with Crippen LogP contribution >= 0.6 is 0 Å². The number of sulfone groups is 1. The van der Waals surface area contributed by atoms with Gasteiger partial charge in [-0.05, 0) is 31.4 Å². The van der Waals surface area contributed by atoms with Crippen molar-refractivity contribution in [1.29, 1.82) is 0 Å². The highest BCUT2D eigenvalue weighted by Crippen LogP contribution is 2.46. The van der Waals surface area contributed by atoms with E-state index < -0.39 is 37.8 Å². The van der Waals surface area contributed by atoms with Gasteiger partial charge < -0.3 is 4.74 Å². The first-order valence-corrected chi connectivity index (χ1v) is 8.04. The zero-order valence-corrected chi connectivity index (χ0v) is 12.3. The molecule has 2 rings (SSSR count). The monoisotopic (exact) mass is 318 g/mol. The molecule has 21 heavy (non-hydrogen) atoms. The fourth-order valence-electron chi connectivity index (χ4n) is 2.64. The smallest absolute Gasteiger partial charge is 0.352 e. The summed E-state index contributed by atoms with van der Waals surface area (Å²) < 4.78 is 57.6. The van der Waals surface area contributed by atoms with Gasteiger partial charge in [-0.25, -0.2) is 8.42 Å². The molecule has 2 unspecified atom stereocenters. The highest BCUT2D eigenvalue weighted by Gasteiger charge is 2.55. The Morgan fingerprint density at radius 3 is 2.43 bits per heavy atom. The number of rotatable bonds is 4. The van der Waals surface area contributed by atoms with Gasteiger partial charge in [0.1, 0.15) is 0 Å². The van der Waals surface area contributed by atoms with Gasteiger partial charge >= 0.3 is 11.2 Å². The van der Waals surface area contributed by atoms with Crippen LogP contribution in [0, 0.1) is 11.8 Å². The van der Waals surface area contributed by atoms with E-state index in [1.165, 1.54) is 19.2 Å². The fourth-order valence-corrected chi connectivity index (χ4v) is 4.13. The zero-order chi connectivity index (χ0) is 15.7. The van der Waals surface area contributed by atoms with E-state index in [1.807, 2.05) is 0 Å². The third-order valence-electron chi connectivity index (χ3n) is 3.85. The van der Waals surface area contributed by atoms with Gasteiger partial charge in [-0.15, -0.1) is 0 Å². The molecule has 0 aliphatic heterocycles. The van der Waals surface area contributed by atoms with Crippen LogP contribution in [-0.4, -0.2) is 26.8 Å². The molecule has 0 spiro atoms. The predicted octanol–water partition coefficient (Wildman–Crippen LogP) is 2.64. The quantitative estimate of drug-likeness (QED) is 0.801. The summed E-state index contributed by atoms with van der Waals surface area (Å²) >= 11 is 0. The lowest BCUT2D eigenvalue weighted by Crippen LogP contribution is -2.36. The van der Waals surface area contributed by atoms with E-state index in [0.717, 1.165) is 12.1 Å². The van der Waals surface area contributed by atoms with Crippen molar-refractivity contribution in [2.24, 2.45) is 11.8 Å². The SMILES string of the molecule is COC(=O)C1CCC(C(F)(F)S(=O)(=O)c2ccccc2)C1. The van der Waals surface area contributed by atoms with E-state index in [4.69, 9.17) is 0 Å². The van der Waals surface area contributed by atoms with Crippen molar-refractivity contribution in [2.75, 3.05) is 7.11 Å². The van der Waals surface area contributed by atoms with Gasteiger partial charge in [0.2, 0.25) is 9.84 Å². The van der Waals surface area contributed by atoms with E-state index in [0.29, 0.717) is 0 Å². The van der Waals surface area contributed by atoms with E-state index in [1.54, 1.807) is 6.07 Å². The summed E-state index contributed by atoms with van der Waals surface area (Å²) in [6, 6.07) is 6.65. The largest absolute Gasteiger partial charge is 0.469 e. The second kappa shape index (κ2) is 5.71. The lowest BCUT2D eigenvalue weighted by molar-refractivity contribution is -0.145. The molecule has 1 aliphatic carbocycles. The van der Waals surface area contributed by atoms with Gasteiger partial charge in [0.25, 0.3) is 0 Å². The predicted molar refractivity (Wildman–Crippen MR) is 71.4 cm³/mol. The molecule has 1 aromatic rings. The molecular weight excluding hydrogens is 302 g/mol. The molecule has 0 N–H and O–H groups in total. The van der Waals surface area contributed by atoms with Crippen molar-refractivity contribution in [3.63, 3.8) is 0 Å². The van der Waals surface area contributed by atoms with Crippen LogP contribution in [0.3, 0.4) is 0 Å². The van der Waals surface area contributed by atoms with Crippen molar-refractivity contribution in [1.82, 2.24) is 0 Å². The van der Waals surface area contributed by atoms with Gasteiger partial charge in [-0.3, -0.25) is 4.79 Å². The molecule has 0 amide bonds. The minimum Gasteiger partial charge on any atom is -0.469 e. The number of alkyl halides is 2. The molecule has 0 saturated heterocycles. The summed E-state index contributed by atoms with van der Waals surface area (Å²) in [5.41, 5.74) is 0. The van der Waals surface area contributed by atoms with Crippen LogP contribution < -0.4 is 0 Å². The number of benzene rings is 1. The van der Waals surface area contributed by atoms with Crippen LogP contribution in [0.25, 0.3) is 0 Å². The van der Waals surface area contributed by atoms with E-state index in [9.17, 15) is 22.0 Å². The standard InChI is InChI=1S/C14H16F2O4S/c1-20-13(17)10-7-8-11(9-10)14(15,16)21(18,19)12-5-3-2-4-6-12/h2-6,10-11H,7-9H2,1H3. The van der Waals surface area contributed by atoms with Gasteiger partial charge in [-0.1, -0.05) is 18.2 Å². The molecule has 0 bridgehead atoms. The Labute approximate surface area is 122 Å². The summed E-state index contributed by atoms with van der Waals surface area (Å²) in [7, 11) is -3.57. The van der Waals surface area contributed by atoms with Crippen LogP contribution in [0.15, 0.2) is 35.2 Å². The number of esters is 1. The Morgan fingerprint density at radius 2 is 1.86 bits per heavy atom. The lowest BCUT2D eigenvalue weighted by Gasteiger charge is -2.23. The average Bonchev–Trinajstić information content (AvgIpc) is 2.97. The first-order valence-electron chi connectivity index (χ1n) is 6.56. The number of methoxy groups -OCH3 is 1. The summed E-state index contributed by atoms with van der Waals surface area (Å²) in [5.74, 6) is -2.59. The van der Waals surface area contributed by atoms with Crippen LogP contribution in [0.5, 0.6) is 0 Å². The zero-order valence-electron chi connectivity index (χ0n) is 11.5. The highest BCUT2D eigenvalue weighted by atomic mass is 32.2. The van der Waals surface area contributed by atoms with E-state index in [2.05, 4.69) is 4.74 Å². The van der Waals surface area contributed by atoms with Gasteiger partial charge in [-0.2, -0.15) is 8.78 Å². The second-order valence-corrected chi connectivity index (χ2v) is 7.13. The third kappa shape index (κ3) is 2.79. The molecule has 7 heteroatoms. The van der Waals surface area contributed by atoms with Crippen LogP contribution in [0.2, 0.25) is 0 Å². The minimum atomic E-state index is -4.76. The Morgan fingerprint density at radius 1 is 1.24 bits per heavy atom. The van der Waals surface area contributed by atoms with Crippen LogP contribution in [-0.2, 0) is 19.4 Å². The maximum atomic E-state index is 14.4. The average molecular weight is 318 g/mol. The van der Waals surface area contributed by atoms with E-state index >= 15 is 0 Å². The molecule has 1 fully saturated rings. The van der Waals surface area contributed by atoms with Gasteiger partial charge in [0.15, 0.2) is 0 Å². The second-order valence-electron chi connectivity index (χ2n) is 5.11. The molecule has 0 aromatic heterocycles. The Bertz CT molecular complexity index is 613. The van der Waals surface area contributed by atoms with Crippen molar-refractivity contribution < 1.29 is 26.7 Å². The normalized spacial score (nSPS) is 23.0. The first-order chi connectivity index (χ1) is 9.80. The van der Waals surface area contributed by atoms with Crippen molar-refractivity contribution in [3.05, 3.63) is 30.3 Å². The number of carbonyl (C=O) groups excluding carboxylic acids is 1. The number of hydrogen-bond donors (Lipinski definition) is 0. The minimum absolute atomic E-state index is 0.0150. The molecule has 4 nitrogen and oxygen atoms in total. The molecule has 1 saturated carbocycles. The molecule has 116 valence electrons. The molecule has 1 aliphatic rings. The third-order valence-corrected chi connectivity index (χ3v) is 5.80. The summed E-state index contributed by atoms with van der Waals surface area (Å²) in [6.45, 7) is 0. The molecule has 2 atom stereocenters. The van der Waals surface area contributed by atoms with Crippen molar-refractivity contribution in [3.8, 4) is 0 Å². The van der Waals surface area contributed by atoms with Gasteiger partial charge in [0, 0.05) is 5.92 Å². The van der Waals surface area contributed by atoms with Crippen molar-refractivity contribution in [2.45, 2.75) is 29.4 Å². The fraction of sp³-hybridized carbons (Fsp3) is 0.500. The van der Waals surface area contributed by atoms with Crippen LogP contribution in [0.1, 0.15) is 19.3 Å². The summed E-state index contributed by atoms with van der Waals surface area (Å²) in [4.78, 5) is 11.0. The summed E-state index contributed by atoms with van der Waals surface area (Å²) in [6.07, 6.45) is 0.0296. The summed E-state index contributed by atoms with van der Waals surface area (Å²) in [5, 5.41) is -3.89. The topological polar surface area (TPSA) is 60.4 Å². The number of carbonyl (C=O) groups is 1. The first kappa shape index (κ1) is 15.9. The molecule has 1 aromatic carbocycles. The number of hydrogen-bond acceptors (Lipinski definition) is 4. The molecular formula is C14H16F2O4S. The van der Waals surface area contributed by atoms with Crippen LogP contribution in [0.4, 0.5) is 8.78 Å². The van der Waals surface area contributed by atoms with E-state index in [-0.39, 0.29) is 19.3 Å². The highest BCUT2D eigenvalue weighted by molar-refractivity contribution is 7.92. The number of ether oxygens (including phenoxy) is 1. The Kier molecular flexibility index (Phi) is 4.32. The van der Waals surface area contributed by atoms with Gasteiger partial charge in [0.05, 0.1) is 17.9 Å². The molecule has 0 radical (unpaired) electrons. The lowest BCUT2D eigenvalue weighted by atomic mass is 10.1. The Balaban J connectivity index is 2.25. The maximum absolute atomic E-state index is 14.4.